The lowest BCUT2D eigenvalue weighted by Gasteiger charge is -2.22. The molecule has 0 aliphatic carbocycles. The van der Waals surface area contributed by atoms with Crippen LogP contribution in [0.4, 0.5) is 11.4 Å². The van der Waals surface area contributed by atoms with Crippen molar-refractivity contribution in [1.29, 1.82) is 0 Å². The lowest BCUT2D eigenvalue weighted by molar-refractivity contribution is -0.128. The van der Waals surface area contributed by atoms with Crippen molar-refractivity contribution in [3.05, 3.63) is 54.6 Å². The monoisotopic (exact) mass is 369 g/mol. The van der Waals surface area contributed by atoms with Gasteiger partial charge < -0.3 is 20.3 Å². The van der Waals surface area contributed by atoms with Gasteiger partial charge in [0.2, 0.25) is 5.91 Å². The molecule has 2 aromatic rings. The highest BCUT2D eigenvalue weighted by atomic mass is 16.5. The van der Waals surface area contributed by atoms with Gasteiger partial charge in [-0.2, -0.15) is 0 Å². The van der Waals surface area contributed by atoms with Crippen LogP contribution < -0.4 is 20.3 Å². The molecule has 2 aromatic carbocycles. The average molecular weight is 369 g/mol. The Labute approximate surface area is 160 Å². The van der Waals surface area contributed by atoms with Crippen molar-refractivity contribution in [2.45, 2.75) is 19.9 Å². The third-order valence-corrected chi connectivity index (χ3v) is 4.03. The van der Waals surface area contributed by atoms with Gasteiger partial charge >= 0.3 is 0 Å². The Kier molecular flexibility index (Phi) is 7.23. The van der Waals surface area contributed by atoms with E-state index in [2.05, 4.69) is 10.6 Å². The van der Waals surface area contributed by atoms with Gasteiger partial charge in [0, 0.05) is 25.5 Å². The van der Waals surface area contributed by atoms with E-state index in [-0.39, 0.29) is 24.3 Å². The summed E-state index contributed by atoms with van der Waals surface area (Å²) < 4.78 is 5.43. The van der Waals surface area contributed by atoms with E-state index in [1.807, 2.05) is 75.3 Å². The first-order chi connectivity index (χ1) is 12.9. The molecule has 0 aromatic heterocycles. The SMILES string of the molecule is CC(C)C(NC(=O)COc1ccccc1)C(=O)Nc1ccc(N(C)C)cc1. The maximum atomic E-state index is 12.6. The number of ether oxygens (including phenoxy) is 1. The van der Waals surface area contributed by atoms with E-state index in [9.17, 15) is 9.59 Å². The minimum Gasteiger partial charge on any atom is -0.484 e. The van der Waals surface area contributed by atoms with Gasteiger partial charge in [-0.05, 0) is 42.3 Å². The number of anilines is 2. The molecule has 6 heteroatoms. The van der Waals surface area contributed by atoms with Gasteiger partial charge in [-0.15, -0.1) is 0 Å². The van der Waals surface area contributed by atoms with Crippen LogP contribution in [0.5, 0.6) is 5.75 Å². The summed E-state index contributed by atoms with van der Waals surface area (Å²) in [6.07, 6.45) is 0. The van der Waals surface area contributed by atoms with E-state index < -0.39 is 6.04 Å². The fourth-order valence-electron chi connectivity index (χ4n) is 2.48. The number of carbonyl (C=O) groups excluding carboxylic acids is 2. The third-order valence-electron chi connectivity index (χ3n) is 4.03. The van der Waals surface area contributed by atoms with Crippen LogP contribution in [-0.4, -0.2) is 38.6 Å². The number of benzene rings is 2. The molecule has 0 saturated heterocycles. The van der Waals surface area contributed by atoms with Crippen LogP contribution in [0.25, 0.3) is 0 Å². The number of nitrogens with zero attached hydrogens (tertiary/aromatic N) is 1. The van der Waals surface area contributed by atoms with E-state index >= 15 is 0 Å². The molecule has 2 N–H and O–H groups in total. The molecule has 2 rings (SSSR count). The van der Waals surface area contributed by atoms with Crippen LogP contribution in [0.3, 0.4) is 0 Å². The number of nitrogens with one attached hydrogen (secondary N) is 2. The summed E-state index contributed by atoms with van der Waals surface area (Å²) in [5.41, 5.74) is 1.73. The summed E-state index contributed by atoms with van der Waals surface area (Å²) in [5, 5.41) is 5.61. The van der Waals surface area contributed by atoms with Crippen LogP contribution >= 0.6 is 0 Å². The highest BCUT2D eigenvalue weighted by Crippen LogP contribution is 2.16. The van der Waals surface area contributed by atoms with Crippen LogP contribution in [0.2, 0.25) is 0 Å². The quantitative estimate of drug-likeness (QED) is 0.751. The smallest absolute Gasteiger partial charge is 0.258 e. The fourth-order valence-corrected chi connectivity index (χ4v) is 2.48. The van der Waals surface area contributed by atoms with Crippen molar-refractivity contribution in [3.63, 3.8) is 0 Å². The zero-order chi connectivity index (χ0) is 19.8. The normalized spacial score (nSPS) is 11.6. The van der Waals surface area contributed by atoms with Crippen LogP contribution in [0.1, 0.15) is 13.8 Å². The van der Waals surface area contributed by atoms with Gasteiger partial charge in [-0.1, -0.05) is 32.0 Å². The minimum absolute atomic E-state index is 0.0632. The van der Waals surface area contributed by atoms with Crippen molar-refractivity contribution < 1.29 is 14.3 Å². The summed E-state index contributed by atoms with van der Waals surface area (Å²) in [4.78, 5) is 26.8. The van der Waals surface area contributed by atoms with E-state index in [0.29, 0.717) is 11.4 Å². The lowest BCUT2D eigenvalue weighted by atomic mass is 10.0. The lowest BCUT2D eigenvalue weighted by Crippen LogP contribution is -2.48. The van der Waals surface area contributed by atoms with Crippen LogP contribution in [0, 0.1) is 5.92 Å². The number of hydrogen-bond acceptors (Lipinski definition) is 4. The molecule has 0 fully saturated rings. The first-order valence-electron chi connectivity index (χ1n) is 8.92. The molecule has 1 unspecified atom stereocenters. The predicted octanol–water partition coefficient (Wildman–Crippen LogP) is 2.91. The molecular formula is C21H27N3O3. The molecule has 0 bridgehead atoms. The second-order valence-corrected chi connectivity index (χ2v) is 6.82. The molecule has 6 nitrogen and oxygen atoms in total. The molecule has 0 spiro atoms. The topological polar surface area (TPSA) is 70.7 Å². The van der Waals surface area contributed by atoms with Crippen molar-refractivity contribution in [2.24, 2.45) is 5.92 Å². The highest BCUT2D eigenvalue weighted by molar-refractivity contribution is 5.97. The summed E-state index contributed by atoms with van der Waals surface area (Å²) in [5.74, 6) is -0.0442. The van der Waals surface area contributed by atoms with Gasteiger partial charge in [-0.3, -0.25) is 9.59 Å². The molecule has 0 aliphatic rings. The highest BCUT2D eigenvalue weighted by Gasteiger charge is 2.24. The minimum atomic E-state index is -0.648. The Morgan fingerprint density at radius 1 is 1.00 bits per heavy atom. The van der Waals surface area contributed by atoms with Gasteiger partial charge in [0.25, 0.3) is 5.91 Å². The molecule has 1 atom stereocenters. The van der Waals surface area contributed by atoms with Crippen molar-refractivity contribution in [2.75, 3.05) is 30.9 Å². The largest absolute Gasteiger partial charge is 0.484 e. The number of para-hydroxylation sites is 1. The number of rotatable bonds is 8. The second kappa shape index (κ2) is 9.62. The Morgan fingerprint density at radius 2 is 1.63 bits per heavy atom. The summed E-state index contributed by atoms with van der Waals surface area (Å²) in [7, 11) is 3.91. The molecule has 0 radical (unpaired) electrons. The van der Waals surface area contributed by atoms with Crippen molar-refractivity contribution in [1.82, 2.24) is 5.32 Å². The van der Waals surface area contributed by atoms with Crippen LogP contribution in [-0.2, 0) is 9.59 Å². The van der Waals surface area contributed by atoms with Crippen LogP contribution in [0.15, 0.2) is 54.6 Å². The Bertz CT molecular complexity index is 743. The van der Waals surface area contributed by atoms with Gasteiger partial charge in [0.1, 0.15) is 11.8 Å². The van der Waals surface area contributed by atoms with E-state index in [0.717, 1.165) is 5.69 Å². The Morgan fingerprint density at radius 3 is 2.19 bits per heavy atom. The number of amides is 2. The molecule has 0 aliphatic heterocycles. The number of carbonyl (C=O) groups is 2. The van der Waals surface area contributed by atoms with Gasteiger partial charge in [-0.25, -0.2) is 0 Å². The first kappa shape index (κ1) is 20.3. The second-order valence-electron chi connectivity index (χ2n) is 6.82. The predicted molar refractivity (Wildman–Crippen MR) is 108 cm³/mol. The standard InChI is InChI=1S/C21H27N3O3/c1-15(2)20(23-19(25)14-27-18-8-6-5-7-9-18)21(26)22-16-10-12-17(13-11-16)24(3)4/h5-13,15,20H,14H2,1-4H3,(H,22,26)(H,23,25). The Balaban J connectivity index is 1.92. The summed E-state index contributed by atoms with van der Waals surface area (Å²) in [6.45, 7) is 3.63. The maximum Gasteiger partial charge on any atom is 0.258 e. The fraction of sp³-hybridized carbons (Fsp3) is 0.333. The van der Waals surface area contributed by atoms with Gasteiger partial charge in [0.15, 0.2) is 6.61 Å². The maximum absolute atomic E-state index is 12.6. The van der Waals surface area contributed by atoms with E-state index in [1.54, 1.807) is 12.1 Å². The molecule has 144 valence electrons. The molecule has 0 saturated carbocycles. The molecule has 27 heavy (non-hydrogen) atoms. The Hall–Kier alpha value is -3.02. The number of hydrogen-bond donors (Lipinski definition) is 2. The van der Waals surface area contributed by atoms with Crippen molar-refractivity contribution in [3.8, 4) is 5.75 Å². The summed E-state index contributed by atoms with van der Waals surface area (Å²) >= 11 is 0. The van der Waals surface area contributed by atoms with E-state index in [4.69, 9.17) is 4.74 Å². The average Bonchev–Trinajstić information content (AvgIpc) is 2.65. The first-order valence-corrected chi connectivity index (χ1v) is 8.92. The molecule has 0 heterocycles. The molecular weight excluding hydrogens is 342 g/mol. The summed E-state index contributed by atoms with van der Waals surface area (Å²) in [6, 6.07) is 16.0. The third kappa shape index (κ3) is 6.33. The zero-order valence-corrected chi connectivity index (χ0v) is 16.2. The van der Waals surface area contributed by atoms with Gasteiger partial charge in [0.05, 0.1) is 0 Å². The molecule has 2 amide bonds. The zero-order valence-electron chi connectivity index (χ0n) is 16.2. The van der Waals surface area contributed by atoms with Crippen molar-refractivity contribution >= 4 is 23.2 Å². The van der Waals surface area contributed by atoms with E-state index in [1.165, 1.54) is 0 Å².